The van der Waals surface area contributed by atoms with E-state index in [2.05, 4.69) is 47.6 Å². The molecule has 3 rings (SSSR count). The van der Waals surface area contributed by atoms with Crippen LogP contribution in [0.15, 0.2) is 42.6 Å². The van der Waals surface area contributed by atoms with Crippen LogP contribution in [0.1, 0.15) is 38.2 Å². The number of nitrogens with one attached hydrogen (secondary N) is 1. The molecule has 0 amide bonds. The van der Waals surface area contributed by atoms with E-state index in [0.717, 1.165) is 11.4 Å². The van der Waals surface area contributed by atoms with Crippen LogP contribution in [0.5, 0.6) is 0 Å². The van der Waals surface area contributed by atoms with Crippen LogP contribution in [0.4, 0.5) is 5.82 Å². The number of rotatable bonds is 4. The average Bonchev–Trinajstić information content (AvgIpc) is 2.57. The fraction of sp³-hybridized carbons (Fsp3) is 0.421. The number of hydrogen-bond acceptors (Lipinski definition) is 3. The van der Waals surface area contributed by atoms with E-state index in [1.165, 1.54) is 36.8 Å². The van der Waals surface area contributed by atoms with Gasteiger partial charge in [0.1, 0.15) is 5.82 Å². The number of nitrogens with two attached hydrogens (primary N) is 1. The lowest BCUT2D eigenvalue weighted by atomic mass is 9.86. The third-order valence-electron chi connectivity index (χ3n) is 4.78. The fourth-order valence-corrected chi connectivity index (χ4v) is 3.42. The van der Waals surface area contributed by atoms with Gasteiger partial charge in [0, 0.05) is 24.3 Å². The third-order valence-corrected chi connectivity index (χ3v) is 4.78. The number of hydrogen-bond donors (Lipinski definition) is 2. The van der Waals surface area contributed by atoms with Gasteiger partial charge in [-0.3, -0.25) is 0 Å². The third kappa shape index (κ3) is 3.14. The number of nitrogens with zero attached hydrogens (tertiary/aromatic N) is 1. The van der Waals surface area contributed by atoms with E-state index in [1.54, 1.807) is 0 Å². The maximum absolute atomic E-state index is 6.05. The summed E-state index contributed by atoms with van der Waals surface area (Å²) in [5, 5.41) is 3.67. The lowest BCUT2D eigenvalue weighted by Crippen LogP contribution is -2.31. The van der Waals surface area contributed by atoms with Gasteiger partial charge < -0.3 is 11.1 Å². The average molecular weight is 295 g/mol. The van der Waals surface area contributed by atoms with Crippen LogP contribution in [0, 0.1) is 5.92 Å². The summed E-state index contributed by atoms with van der Waals surface area (Å²) in [6, 6.07) is 13.0. The Morgan fingerprint density at radius 1 is 1.14 bits per heavy atom. The van der Waals surface area contributed by atoms with Crippen molar-refractivity contribution in [2.45, 2.75) is 45.2 Å². The highest BCUT2D eigenvalue weighted by atomic mass is 15.0. The van der Waals surface area contributed by atoms with Gasteiger partial charge in [0.2, 0.25) is 0 Å². The molecule has 0 saturated heterocycles. The Balaban J connectivity index is 1.91. The summed E-state index contributed by atoms with van der Waals surface area (Å²) in [5.41, 5.74) is 9.55. The predicted molar refractivity (Wildman–Crippen MR) is 92.6 cm³/mol. The van der Waals surface area contributed by atoms with Gasteiger partial charge in [-0.05, 0) is 36.0 Å². The second-order valence-electron chi connectivity index (χ2n) is 6.27. The van der Waals surface area contributed by atoms with Crippen molar-refractivity contribution in [1.29, 1.82) is 0 Å². The van der Waals surface area contributed by atoms with E-state index >= 15 is 0 Å². The van der Waals surface area contributed by atoms with Crippen LogP contribution >= 0.6 is 0 Å². The summed E-state index contributed by atoms with van der Waals surface area (Å²) < 4.78 is 0. The predicted octanol–water partition coefficient (Wildman–Crippen LogP) is 4.20. The smallest absolute Gasteiger partial charge is 0.131 e. The molecule has 2 aromatic rings. The van der Waals surface area contributed by atoms with Gasteiger partial charge in [0.25, 0.3) is 0 Å². The summed E-state index contributed by atoms with van der Waals surface area (Å²) in [6.45, 7) is 2.83. The van der Waals surface area contributed by atoms with Gasteiger partial charge in [0.15, 0.2) is 0 Å². The van der Waals surface area contributed by atoms with Gasteiger partial charge >= 0.3 is 0 Å². The molecule has 1 fully saturated rings. The molecule has 0 aliphatic heterocycles. The molecule has 116 valence electrons. The maximum Gasteiger partial charge on any atom is 0.131 e. The van der Waals surface area contributed by atoms with Gasteiger partial charge in [-0.25, -0.2) is 4.98 Å². The van der Waals surface area contributed by atoms with E-state index in [9.17, 15) is 0 Å². The molecule has 3 N–H and O–H groups in total. The van der Waals surface area contributed by atoms with Crippen LogP contribution in [0.3, 0.4) is 0 Å². The largest absolute Gasteiger partial charge is 0.367 e. The summed E-state index contributed by atoms with van der Waals surface area (Å²) in [5.74, 6) is 1.66. The van der Waals surface area contributed by atoms with Crippen molar-refractivity contribution in [3.8, 4) is 11.1 Å². The SMILES string of the molecule is CC1CCCCC1Nc1nccc(-c2ccccc2)c1CN. The second kappa shape index (κ2) is 6.93. The quantitative estimate of drug-likeness (QED) is 0.889. The Kier molecular flexibility index (Phi) is 4.74. The zero-order valence-electron chi connectivity index (χ0n) is 13.3. The molecule has 1 aromatic heterocycles. The van der Waals surface area contributed by atoms with Crippen molar-refractivity contribution >= 4 is 5.82 Å². The molecule has 3 nitrogen and oxygen atoms in total. The summed E-state index contributed by atoms with van der Waals surface area (Å²) >= 11 is 0. The van der Waals surface area contributed by atoms with Crippen molar-refractivity contribution in [2.24, 2.45) is 11.7 Å². The van der Waals surface area contributed by atoms with Crippen molar-refractivity contribution in [2.75, 3.05) is 5.32 Å². The molecule has 1 saturated carbocycles. The minimum Gasteiger partial charge on any atom is -0.367 e. The summed E-state index contributed by atoms with van der Waals surface area (Å²) in [7, 11) is 0. The molecule has 0 bridgehead atoms. The Labute approximate surface area is 133 Å². The highest BCUT2D eigenvalue weighted by molar-refractivity contribution is 5.72. The molecular formula is C19H25N3. The molecule has 2 unspecified atom stereocenters. The number of pyridine rings is 1. The summed E-state index contributed by atoms with van der Waals surface area (Å²) in [4.78, 5) is 4.57. The molecule has 1 aliphatic carbocycles. The van der Waals surface area contributed by atoms with Gasteiger partial charge in [0.05, 0.1) is 0 Å². The zero-order valence-corrected chi connectivity index (χ0v) is 13.3. The van der Waals surface area contributed by atoms with Crippen LogP contribution in [-0.4, -0.2) is 11.0 Å². The van der Waals surface area contributed by atoms with Crippen molar-refractivity contribution < 1.29 is 0 Å². The number of anilines is 1. The molecule has 22 heavy (non-hydrogen) atoms. The molecule has 1 aliphatic rings. The first-order valence-electron chi connectivity index (χ1n) is 8.29. The molecular weight excluding hydrogens is 270 g/mol. The Morgan fingerprint density at radius 2 is 1.91 bits per heavy atom. The maximum atomic E-state index is 6.05. The molecule has 0 spiro atoms. The first-order valence-corrected chi connectivity index (χ1v) is 8.29. The zero-order chi connectivity index (χ0) is 15.4. The number of aromatic nitrogens is 1. The Morgan fingerprint density at radius 3 is 2.64 bits per heavy atom. The molecule has 1 aromatic carbocycles. The van der Waals surface area contributed by atoms with E-state index < -0.39 is 0 Å². The highest BCUT2D eigenvalue weighted by Crippen LogP contribution is 2.31. The molecule has 2 atom stereocenters. The van der Waals surface area contributed by atoms with Gasteiger partial charge in [-0.1, -0.05) is 50.1 Å². The minimum absolute atomic E-state index is 0.501. The topological polar surface area (TPSA) is 50.9 Å². The minimum atomic E-state index is 0.501. The van der Waals surface area contributed by atoms with Gasteiger partial charge in [-0.15, -0.1) is 0 Å². The van der Waals surface area contributed by atoms with E-state index in [1.807, 2.05) is 12.3 Å². The first-order chi connectivity index (χ1) is 10.8. The lowest BCUT2D eigenvalue weighted by molar-refractivity contribution is 0.349. The first kappa shape index (κ1) is 15.0. The standard InChI is InChI=1S/C19H25N3/c1-14-7-5-6-10-18(14)22-19-17(13-20)16(11-12-21-19)15-8-3-2-4-9-15/h2-4,8-9,11-12,14,18H,5-7,10,13,20H2,1H3,(H,21,22). The van der Waals surface area contributed by atoms with E-state index in [-0.39, 0.29) is 0 Å². The highest BCUT2D eigenvalue weighted by Gasteiger charge is 2.22. The molecule has 1 heterocycles. The Bertz CT molecular complexity index is 609. The number of benzene rings is 1. The van der Waals surface area contributed by atoms with E-state index in [4.69, 9.17) is 5.73 Å². The Hall–Kier alpha value is -1.87. The van der Waals surface area contributed by atoms with Crippen LogP contribution in [-0.2, 0) is 6.54 Å². The fourth-order valence-electron chi connectivity index (χ4n) is 3.42. The monoisotopic (exact) mass is 295 g/mol. The normalized spacial score (nSPS) is 21.5. The van der Waals surface area contributed by atoms with Crippen LogP contribution in [0.25, 0.3) is 11.1 Å². The van der Waals surface area contributed by atoms with Crippen molar-refractivity contribution in [1.82, 2.24) is 4.98 Å². The van der Waals surface area contributed by atoms with Gasteiger partial charge in [-0.2, -0.15) is 0 Å². The lowest BCUT2D eigenvalue weighted by Gasteiger charge is -2.30. The molecule has 3 heteroatoms. The van der Waals surface area contributed by atoms with Crippen LogP contribution in [0.2, 0.25) is 0 Å². The summed E-state index contributed by atoms with van der Waals surface area (Å²) in [6.07, 6.45) is 7.06. The second-order valence-corrected chi connectivity index (χ2v) is 6.27. The molecule has 0 radical (unpaired) electrons. The van der Waals surface area contributed by atoms with Crippen molar-refractivity contribution in [3.05, 3.63) is 48.2 Å². The van der Waals surface area contributed by atoms with Crippen molar-refractivity contribution in [3.63, 3.8) is 0 Å². The van der Waals surface area contributed by atoms with E-state index in [0.29, 0.717) is 18.5 Å². The van der Waals surface area contributed by atoms with Crippen LogP contribution < -0.4 is 11.1 Å².